The average Bonchev–Trinajstić information content (AvgIpc) is 2.54. The smallest absolute Gasteiger partial charge is 0.322 e. The molecule has 0 amide bonds. The van der Waals surface area contributed by atoms with Gasteiger partial charge in [-0.05, 0) is 18.1 Å². The van der Waals surface area contributed by atoms with Crippen molar-refractivity contribution in [2.75, 3.05) is 7.11 Å². The van der Waals surface area contributed by atoms with Gasteiger partial charge in [0.25, 0.3) is 5.69 Å². The van der Waals surface area contributed by atoms with Crippen molar-refractivity contribution >= 4 is 11.7 Å². The number of nitrogens with two attached hydrogens (primary N) is 1. The number of carbonyl (C=O) groups is 1. The van der Waals surface area contributed by atoms with Crippen molar-refractivity contribution in [1.82, 2.24) is 4.98 Å². The molecule has 0 bridgehead atoms. The van der Waals surface area contributed by atoms with Gasteiger partial charge in [-0.25, -0.2) is 0 Å². The lowest BCUT2D eigenvalue weighted by atomic mass is 10.1. The van der Waals surface area contributed by atoms with Gasteiger partial charge in [-0.15, -0.1) is 0 Å². The number of carbonyl (C=O) groups excluding carboxylic acids is 1. The van der Waals surface area contributed by atoms with Gasteiger partial charge in [0.15, 0.2) is 0 Å². The Morgan fingerprint density at radius 2 is 2.18 bits per heavy atom. The molecule has 0 aliphatic rings. The fourth-order valence-electron chi connectivity index (χ4n) is 1.98. The van der Waals surface area contributed by atoms with Crippen LogP contribution in [0.15, 0.2) is 42.6 Å². The van der Waals surface area contributed by atoms with Crippen LogP contribution in [0.4, 0.5) is 5.69 Å². The number of rotatable bonds is 5. The molecule has 2 rings (SSSR count). The van der Waals surface area contributed by atoms with E-state index in [1.54, 1.807) is 30.5 Å². The number of nitro groups is 1. The molecule has 0 radical (unpaired) electrons. The van der Waals surface area contributed by atoms with E-state index >= 15 is 0 Å². The molecule has 2 aromatic rings. The molecule has 1 aromatic heterocycles. The van der Waals surface area contributed by atoms with E-state index in [1.807, 2.05) is 0 Å². The second-order valence-electron chi connectivity index (χ2n) is 4.69. The van der Waals surface area contributed by atoms with Crippen LogP contribution in [0.3, 0.4) is 0 Å². The second kappa shape index (κ2) is 6.77. The van der Waals surface area contributed by atoms with E-state index in [0.29, 0.717) is 17.7 Å². The van der Waals surface area contributed by atoms with Crippen LogP contribution in [0.25, 0.3) is 11.3 Å². The largest absolute Gasteiger partial charge is 0.468 e. The van der Waals surface area contributed by atoms with E-state index in [0.717, 1.165) is 5.56 Å². The Morgan fingerprint density at radius 1 is 1.41 bits per heavy atom. The molecule has 0 aliphatic heterocycles. The summed E-state index contributed by atoms with van der Waals surface area (Å²) in [5, 5.41) is 10.8. The Hall–Kier alpha value is -2.80. The first-order valence-electron chi connectivity index (χ1n) is 6.54. The first-order chi connectivity index (χ1) is 10.5. The lowest BCUT2D eigenvalue weighted by molar-refractivity contribution is -0.384. The van der Waals surface area contributed by atoms with Crippen molar-refractivity contribution in [2.45, 2.75) is 12.5 Å². The number of benzene rings is 1. The number of esters is 1. The molecule has 0 saturated heterocycles. The van der Waals surface area contributed by atoms with E-state index < -0.39 is 16.9 Å². The normalized spacial score (nSPS) is 11.7. The zero-order valence-corrected chi connectivity index (χ0v) is 11.9. The molecule has 1 atom stereocenters. The molecule has 22 heavy (non-hydrogen) atoms. The number of non-ortho nitro benzene ring substituents is 1. The summed E-state index contributed by atoms with van der Waals surface area (Å²) in [7, 11) is 1.28. The number of nitrogens with zero attached hydrogens (tertiary/aromatic N) is 2. The standard InChI is InChI=1S/C15H15N3O4/c1-22-15(19)13(16)7-10-5-6-14(17-9-10)11-3-2-4-12(8-11)18(20)21/h2-6,8-9,13H,7,16H2,1H3. The van der Waals surface area contributed by atoms with Gasteiger partial charge in [0, 0.05) is 23.9 Å². The summed E-state index contributed by atoms with van der Waals surface area (Å²) >= 11 is 0. The van der Waals surface area contributed by atoms with Crippen LogP contribution in [0, 0.1) is 10.1 Å². The van der Waals surface area contributed by atoms with Gasteiger partial charge in [-0.1, -0.05) is 18.2 Å². The third-order valence-corrected chi connectivity index (χ3v) is 3.14. The van der Waals surface area contributed by atoms with Crippen LogP contribution < -0.4 is 5.73 Å². The Balaban J connectivity index is 2.17. The zero-order valence-electron chi connectivity index (χ0n) is 11.9. The summed E-state index contributed by atoms with van der Waals surface area (Å²) in [6.45, 7) is 0. The topological polar surface area (TPSA) is 108 Å². The first-order valence-corrected chi connectivity index (χ1v) is 6.54. The number of nitro benzene ring substituents is 1. The highest BCUT2D eigenvalue weighted by Crippen LogP contribution is 2.22. The van der Waals surface area contributed by atoms with Gasteiger partial charge in [0.05, 0.1) is 17.7 Å². The molecule has 114 valence electrons. The minimum Gasteiger partial charge on any atom is -0.468 e. The molecule has 0 saturated carbocycles. The molecule has 1 aromatic carbocycles. The summed E-state index contributed by atoms with van der Waals surface area (Å²) in [5.74, 6) is -0.484. The van der Waals surface area contributed by atoms with E-state index in [4.69, 9.17) is 5.73 Å². The molecular weight excluding hydrogens is 286 g/mol. The third kappa shape index (κ3) is 3.64. The summed E-state index contributed by atoms with van der Waals surface area (Å²) in [6.07, 6.45) is 1.91. The number of pyridine rings is 1. The Bertz CT molecular complexity index is 685. The quantitative estimate of drug-likeness (QED) is 0.511. The van der Waals surface area contributed by atoms with Crippen LogP contribution in [-0.4, -0.2) is 29.0 Å². The van der Waals surface area contributed by atoms with Crippen LogP contribution in [0.2, 0.25) is 0 Å². The van der Waals surface area contributed by atoms with Crippen LogP contribution in [0.5, 0.6) is 0 Å². The number of aromatic nitrogens is 1. The van der Waals surface area contributed by atoms with Crippen molar-refractivity contribution in [1.29, 1.82) is 0 Å². The maximum Gasteiger partial charge on any atom is 0.322 e. The summed E-state index contributed by atoms with van der Waals surface area (Å²) < 4.78 is 4.56. The Labute approximate surface area is 126 Å². The van der Waals surface area contributed by atoms with Gasteiger partial charge in [0.1, 0.15) is 6.04 Å². The lowest BCUT2D eigenvalue weighted by Gasteiger charge is -2.09. The SMILES string of the molecule is COC(=O)C(N)Cc1ccc(-c2cccc([N+](=O)[O-])c2)nc1. The van der Waals surface area contributed by atoms with Crippen LogP contribution in [-0.2, 0) is 16.0 Å². The van der Waals surface area contributed by atoms with Gasteiger partial charge < -0.3 is 10.5 Å². The molecule has 1 unspecified atom stereocenters. The zero-order chi connectivity index (χ0) is 16.1. The fraction of sp³-hybridized carbons (Fsp3) is 0.200. The molecule has 7 heteroatoms. The predicted octanol–water partition coefficient (Wildman–Crippen LogP) is 1.70. The van der Waals surface area contributed by atoms with Gasteiger partial charge in [0.2, 0.25) is 0 Å². The van der Waals surface area contributed by atoms with Crippen molar-refractivity contribution in [2.24, 2.45) is 5.73 Å². The van der Waals surface area contributed by atoms with Crippen molar-refractivity contribution in [3.63, 3.8) is 0 Å². The molecular formula is C15H15N3O4. The number of hydrogen-bond acceptors (Lipinski definition) is 6. The van der Waals surface area contributed by atoms with Gasteiger partial charge in [-0.2, -0.15) is 0 Å². The molecule has 2 N–H and O–H groups in total. The van der Waals surface area contributed by atoms with E-state index in [2.05, 4.69) is 9.72 Å². The minimum atomic E-state index is -0.740. The lowest BCUT2D eigenvalue weighted by Crippen LogP contribution is -2.33. The second-order valence-corrected chi connectivity index (χ2v) is 4.69. The van der Waals surface area contributed by atoms with Crippen molar-refractivity contribution in [3.05, 3.63) is 58.3 Å². The summed E-state index contributed by atoms with van der Waals surface area (Å²) in [5.41, 5.74) is 7.74. The molecule has 1 heterocycles. The molecule has 7 nitrogen and oxygen atoms in total. The maximum absolute atomic E-state index is 11.3. The molecule has 0 fully saturated rings. The predicted molar refractivity (Wildman–Crippen MR) is 80.0 cm³/mol. The monoisotopic (exact) mass is 301 g/mol. The van der Waals surface area contributed by atoms with Gasteiger partial charge in [-0.3, -0.25) is 19.9 Å². The Morgan fingerprint density at radius 3 is 2.77 bits per heavy atom. The van der Waals surface area contributed by atoms with Crippen LogP contribution >= 0.6 is 0 Å². The Kier molecular flexibility index (Phi) is 4.80. The highest BCUT2D eigenvalue weighted by atomic mass is 16.6. The summed E-state index contributed by atoms with van der Waals surface area (Å²) in [6, 6.07) is 9.01. The van der Waals surface area contributed by atoms with E-state index in [-0.39, 0.29) is 5.69 Å². The number of ether oxygens (including phenoxy) is 1. The average molecular weight is 301 g/mol. The fourth-order valence-corrected chi connectivity index (χ4v) is 1.98. The van der Waals surface area contributed by atoms with E-state index in [1.165, 1.54) is 19.2 Å². The third-order valence-electron chi connectivity index (χ3n) is 3.14. The molecule has 0 spiro atoms. The minimum absolute atomic E-state index is 0.0103. The van der Waals surface area contributed by atoms with E-state index in [9.17, 15) is 14.9 Å². The number of methoxy groups -OCH3 is 1. The highest BCUT2D eigenvalue weighted by molar-refractivity contribution is 5.75. The van der Waals surface area contributed by atoms with Crippen molar-refractivity contribution < 1.29 is 14.5 Å². The summed E-state index contributed by atoms with van der Waals surface area (Å²) in [4.78, 5) is 25.9. The van der Waals surface area contributed by atoms with Crippen LogP contribution in [0.1, 0.15) is 5.56 Å². The number of hydrogen-bond donors (Lipinski definition) is 1. The highest BCUT2D eigenvalue weighted by Gasteiger charge is 2.14. The van der Waals surface area contributed by atoms with Gasteiger partial charge >= 0.3 is 5.97 Å². The first kappa shape index (κ1) is 15.6. The molecule has 0 aliphatic carbocycles. The maximum atomic E-state index is 11.3. The van der Waals surface area contributed by atoms with Crippen molar-refractivity contribution in [3.8, 4) is 11.3 Å².